The summed E-state index contributed by atoms with van der Waals surface area (Å²) in [6, 6.07) is 0. The van der Waals surface area contributed by atoms with Gasteiger partial charge in [0.15, 0.2) is 40.4 Å². The number of nitrogens with one attached hydrogen (secondary N) is 1. The Balaban J connectivity index is 1.13. The number of nitrogen functional groups attached to an aromatic ring is 1. The van der Waals surface area contributed by atoms with Crippen molar-refractivity contribution in [3.63, 3.8) is 0 Å². The molecule has 0 amide bonds. The van der Waals surface area contributed by atoms with Gasteiger partial charge in [0, 0.05) is 19.0 Å². The van der Waals surface area contributed by atoms with Crippen molar-refractivity contribution in [2.75, 3.05) is 25.6 Å². The SMILES string of the molecule is CCOC1[C@H]2COP(=O)(O)OC3[C@@H](COP(=O)(O)O[C@@H]1[C@H](n1cnc4c(=O)[nH]c(N)nc41)O2)O[C@@H](n1cnc2c1ncn1ccnc21)[C@H]3O. The van der Waals surface area contributed by atoms with E-state index in [1.54, 1.807) is 23.7 Å². The van der Waals surface area contributed by atoms with Crippen LogP contribution in [-0.2, 0) is 41.4 Å². The number of fused-ring (bicyclic) bond motifs is 7. The molecule has 0 saturated carbocycles. The maximum absolute atomic E-state index is 13.5. The molecule has 4 unspecified atom stereocenters. The molecule has 25 heteroatoms. The molecular weight excluding hydrogens is 698 g/mol. The summed E-state index contributed by atoms with van der Waals surface area (Å²) >= 11 is 0. The Labute approximate surface area is 272 Å². The highest BCUT2D eigenvalue weighted by molar-refractivity contribution is 7.47. The van der Waals surface area contributed by atoms with E-state index in [1.807, 2.05) is 0 Å². The van der Waals surface area contributed by atoms with E-state index in [0.717, 1.165) is 0 Å². The van der Waals surface area contributed by atoms with Crippen LogP contribution in [0.4, 0.5) is 5.95 Å². The zero-order valence-corrected chi connectivity index (χ0v) is 26.9. The summed E-state index contributed by atoms with van der Waals surface area (Å²) in [4.78, 5) is 57.6. The van der Waals surface area contributed by atoms with Crippen molar-refractivity contribution >= 4 is 49.6 Å². The smallest absolute Gasteiger partial charge is 0.386 e. The fourth-order valence-corrected chi connectivity index (χ4v) is 8.04. The molecule has 5 aromatic heterocycles. The molecule has 0 aromatic carbocycles. The average molecular weight is 726 g/mol. The zero-order chi connectivity index (χ0) is 34.2. The number of nitrogens with two attached hydrogens (primary N) is 1. The molecule has 8 rings (SSSR count). The molecular formula is C24H28N10O13P2. The molecule has 262 valence electrons. The predicted molar refractivity (Wildman–Crippen MR) is 159 cm³/mol. The first-order chi connectivity index (χ1) is 23.4. The van der Waals surface area contributed by atoms with Gasteiger partial charge in [0.25, 0.3) is 5.56 Å². The number of phosphoric acid groups is 2. The number of rotatable bonds is 4. The molecule has 10 atom stereocenters. The van der Waals surface area contributed by atoms with Gasteiger partial charge in [-0.1, -0.05) is 0 Å². The third-order valence-electron chi connectivity index (χ3n) is 8.22. The van der Waals surface area contributed by atoms with Crippen LogP contribution in [-0.4, -0.2) is 115 Å². The average Bonchev–Trinajstić information content (AvgIpc) is 3.87. The van der Waals surface area contributed by atoms with Crippen molar-refractivity contribution in [1.82, 2.24) is 43.4 Å². The van der Waals surface area contributed by atoms with E-state index in [2.05, 4.69) is 29.9 Å². The summed E-state index contributed by atoms with van der Waals surface area (Å²) < 4.78 is 70.6. The number of anilines is 1. The topological polar surface area (TPSA) is 297 Å². The van der Waals surface area contributed by atoms with E-state index in [9.17, 15) is 28.8 Å². The number of aliphatic hydroxyl groups is 1. The third-order valence-corrected chi connectivity index (χ3v) is 10.2. The van der Waals surface area contributed by atoms with Gasteiger partial charge in [-0.3, -0.25) is 41.4 Å². The number of ether oxygens (including phenoxy) is 3. The number of aliphatic hydroxyl groups excluding tert-OH is 1. The molecule has 3 aliphatic rings. The Morgan fingerprint density at radius 1 is 0.918 bits per heavy atom. The minimum atomic E-state index is -5.06. The van der Waals surface area contributed by atoms with Crippen LogP contribution >= 0.6 is 15.6 Å². The van der Waals surface area contributed by atoms with Crippen molar-refractivity contribution in [3.05, 3.63) is 41.7 Å². The van der Waals surface area contributed by atoms with Gasteiger partial charge in [-0.05, 0) is 6.92 Å². The molecule has 0 spiro atoms. The van der Waals surface area contributed by atoms with E-state index < -0.39 is 83.5 Å². The largest absolute Gasteiger partial charge is 0.472 e. The second-order valence-electron chi connectivity index (χ2n) is 11.2. The van der Waals surface area contributed by atoms with Gasteiger partial charge < -0.3 is 34.8 Å². The molecule has 2 bridgehead atoms. The van der Waals surface area contributed by atoms with Crippen LogP contribution < -0.4 is 11.3 Å². The summed E-state index contributed by atoms with van der Waals surface area (Å²) in [6.07, 6.45) is -4.09. The number of aromatic amines is 1. The first kappa shape index (κ1) is 32.5. The lowest BCUT2D eigenvalue weighted by Gasteiger charge is -2.26. The van der Waals surface area contributed by atoms with Gasteiger partial charge in [0.05, 0.1) is 25.9 Å². The second-order valence-corrected chi connectivity index (χ2v) is 14.0. The highest BCUT2D eigenvalue weighted by atomic mass is 31.2. The Bertz CT molecular complexity index is 2210. The van der Waals surface area contributed by atoms with E-state index in [0.29, 0.717) is 11.2 Å². The van der Waals surface area contributed by atoms with E-state index in [1.165, 1.54) is 28.1 Å². The van der Waals surface area contributed by atoms with Crippen LogP contribution in [0.1, 0.15) is 19.4 Å². The van der Waals surface area contributed by atoms with Gasteiger partial charge in [-0.15, -0.1) is 0 Å². The number of H-pyrrole nitrogens is 1. The number of nitrogens with zero attached hydrogens (tertiary/aromatic N) is 8. The summed E-state index contributed by atoms with van der Waals surface area (Å²) in [6.45, 7) is 0.237. The van der Waals surface area contributed by atoms with Gasteiger partial charge in [0.2, 0.25) is 5.95 Å². The van der Waals surface area contributed by atoms with Crippen molar-refractivity contribution in [1.29, 1.82) is 0 Å². The molecule has 3 fully saturated rings. The first-order valence-electron chi connectivity index (χ1n) is 14.7. The zero-order valence-electron chi connectivity index (χ0n) is 25.1. The van der Waals surface area contributed by atoms with E-state index in [4.69, 9.17) is 38.0 Å². The molecule has 5 aromatic rings. The number of phosphoric ester groups is 2. The standard InChI is InChI=1S/C24H28N10O13P2/c1-2-41-16-11-6-43-48(37,38)46-15-10(44-22(14(15)35)33-8-27-12-18-26-3-4-32(18)7-29-19(12)33)5-42-49(39,40)47-17(16)23(45-11)34-9-28-13-20(34)30-24(25)31-21(13)36/h3-4,7-11,14-17,22-23,35H,2,5-6H2,1H3,(H,37,38)(H,39,40)(H3,25,30,31,36)/t10-,11-,14+,15?,16?,17+,22-,23-/m1/s1. The fourth-order valence-electron chi connectivity index (χ4n) is 6.15. The normalized spacial score (nSPS) is 35.8. The van der Waals surface area contributed by atoms with E-state index in [-0.39, 0.29) is 29.4 Å². The van der Waals surface area contributed by atoms with Gasteiger partial charge in [-0.25, -0.2) is 29.1 Å². The van der Waals surface area contributed by atoms with Crippen LogP contribution in [0.25, 0.3) is 28.0 Å². The molecule has 49 heavy (non-hydrogen) atoms. The highest BCUT2D eigenvalue weighted by Crippen LogP contribution is 2.54. The maximum Gasteiger partial charge on any atom is 0.472 e. The van der Waals surface area contributed by atoms with Crippen LogP contribution in [0, 0.1) is 0 Å². The highest BCUT2D eigenvalue weighted by Gasteiger charge is 2.54. The Morgan fingerprint density at radius 2 is 1.59 bits per heavy atom. The van der Waals surface area contributed by atoms with Gasteiger partial charge in [0.1, 0.15) is 43.0 Å². The second kappa shape index (κ2) is 12.0. The number of hydrogen-bond donors (Lipinski definition) is 5. The van der Waals surface area contributed by atoms with Gasteiger partial charge >= 0.3 is 15.6 Å². The van der Waals surface area contributed by atoms with Crippen molar-refractivity contribution < 1.29 is 56.3 Å². The Morgan fingerprint density at radius 3 is 2.35 bits per heavy atom. The Hall–Kier alpha value is -3.70. The lowest BCUT2D eigenvalue weighted by Crippen LogP contribution is -2.38. The molecule has 8 heterocycles. The summed E-state index contributed by atoms with van der Waals surface area (Å²) in [7, 11) is -10.1. The minimum Gasteiger partial charge on any atom is -0.386 e. The molecule has 3 aliphatic heterocycles. The quantitative estimate of drug-likeness (QED) is 0.144. The van der Waals surface area contributed by atoms with Crippen LogP contribution in [0.15, 0.2) is 36.2 Å². The summed E-state index contributed by atoms with van der Waals surface area (Å²) in [5.41, 5.74) is 6.00. The fraction of sp³-hybridized carbons (Fsp3) is 0.500. The third kappa shape index (κ3) is 5.66. The predicted octanol–water partition coefficient (Wildman–Crippen LogP) is -0.627. The molecule has 3 saturated heterocycles. The first-order valence-corrected chi connectivity index (χ1v) is 17.7. The minimum absolute atomic E-state index is 0.0476. The maximum atomic E-state index is 13.5. The van der Waals surface area contributed by atoms with E-state index >= 15 is 0 Å². The molecule has 6 N–H and O–H groups in total. The lowest BCUT2D eigenvalue weighted by atomic mass is 10.1. The van der Waals surface area contributed by atoms with Crippen LogP contribution in [0.3, 0.4) is 0 Å². The summed E-state index contributed by atoms with van der Waals surface area (Å²) in [5.74, 6) is -0.242. The monoisotopic (exact) mass is 726 g/mol. The molecule has 23 nitrogen and oxygen atoms in total. The van der Waals surface area contributed by atoms with Crippen molar-refractivity contribution in [2.24, 2.45) is 0 Å². The van der Waals surface area contributed by atoms with Crippen molar-refractivity contribution in [2.45, 2.75) is 56.0 Å². The summed E-state index contributed by atoms with van der Waals surface area (Å²) in [5, 5.41) is 11.3. The van der Waals surface area contributed by atoms with Crippen LogP contribution in [0.5, 0.6) is 0 Å². The number of aromatic nitrogens is 9. The number of imidazole rings is 3. The van der Waals surface area contributed by atoms with Crippen molar-refractivity contribution in [3.8, 4) is 0 Å². The molecule has 0 radical (unpaired) electrons. The van der Waals surface area contributed by atoms with Gasteiger partial charge in [-0.2, -0.15) is 4.98 Å². The Kier molecular flexibility index (Phi) is 7.94. The number of hydrogen-bond acceptors (Lipinski definition) is 17. The van der Waals surface area contributed by atoms with Crippen LogP contribution in [0.2, 0.25) is 0 Å². The molecule has 0 aliphatic carbocycles. The lowest BCUT2D eigenvalue weighted by molar-refractivity contribution is -0.0677.